The number of halogens is 2. The number of carbonyl (C=O) groups excluding carboxylic acids is 1. The minimum atomic E-state index is -0.651. The normalized spacial score (nSPS) is 12.5. The molecule has 0 aliphatic heterocycles. The van der Waals surface area contributed by atoms with Crippen molar-refractivity contribution in [1.29, 1.82) is 0 Å². The van der Waals surface area contributed by atoms with Gasteiger partial charge in [-0.3, -0.25) is 0 Å². The van der Waals surface area contributed by atoms with Crippen molar-refractivity contribution in [3.05, 3.63) is 27.5 Å². The molecule has 1 aromatic carbocycles. The Morgan fingerprint density at radius 3 is 2.80 bits per heavy atom. The first kappa shape index (κ1) is 12.2. The van der Waals surface area contributed by atoms with Crippen LogP contribution in [-0.4, -0.2) is 11.4 Å². The van der Waals surface area contributed by atoms with Crippen molar-refractivity contribution in [3.63, 3.8) is 0 Å². The van der Waals surface area contributed by atoms with Crippen LogP contribution in [0.5, 0.6) is 5.75 Å². The summed E-state index contributed by atoms with van der Waals surface area (Å²) >= 11 is 3.09. The van der Waals surface area contributed by atoms with Gasteiger partial charge in [-0.2, -0.15) is 0 Å². The van der Waals surface area contributed by atoms with Crippen molar-refractivity contribution in [2.24, 2.45) is 0 Å². The monoisotopic (exact) mass is 274 g/mol. The van der Waals surface area contributed by atoms with E-state index in [1.54, 1.807) is 19.9 Å². The summed E-state index contributed by atoms with van der Waals surface area (Å²) in [7, 11) is 0. The summed E-state index contributed by atoms with van der Waals surface area (Å²) in [6.07, 6.45) is 0.996. The van der Waals surface area contributed by atoms with Gasteiger partial charge in [-0.15, -0.1) is 0 Å². The molecular weight excluding hydrogens is 263 g/mol. The largest absolute Gasteiger partial charge is 0.504 e. The van der Waals surface area contributed by atoms with Gasteiger partial charge in [-0.1, -0.05) is 13.0 Å². The number of carbonyl (C=O) groups is 1. The minimum Gasteiger partial charge on any atom is -0.504 e. The number of phenols is 1. The number of hydrogen-bond acceptors (Lipinski definition) is 2. The van der Waals surface area contributed by atoms with Gasteiger partial charge >= 0.3 is 0 Å². The van der Waals surface area contributed by atoms with Gasteiger partial charge < -0.3 is 9.90 Å². The van der Waals surface area contributed by atoms with E-state index in [2.05, 4.69) is 15.9 Å². The number of rotatable bonds is 3. The average Bonchev–Trinajstić information content (AvgIpc) is 2.20. The third-order valence-electron chi connectivity index (χ3n) is 2.37. The molecule has 82 valence electrons. The molecule has 1 aromatic rings. The van der Waals surface area contributed by atoms with Crippen LogP contribution >= 0.6 is 15.9 Å². The first-order valence-corrected chi connectivity index (χ1v) is 5.39. The molecule has 0 amide bonds. The zero-order chi connectivity index (χ0) is 11.6. The lowest BCUT2D eigenvalue weighted by Crippen LogP contribution is -2.00. The zero-order valence-electron chi connectivity index (χ0n) is 8.55. The minimum absolute atomic E-state index is 0.222. The quantitative estimate of drug-likeness (QED) is 0.859. The summed E-state index contributed by atoms with van der Waals surface area (Å²) in [5.41, 5.74) is 1.13. The van der Waals surface area contributed by atoms with E-state index >= 15 is 0 Å². The molecular formula is C11H12BrFO2. The first-order chi connectivity index (χ1) is 6.99. The van der Waals surface area contributed by atoms with Crippen LogP contribution in [0.1, 0.15) is 30.4 Å². The number of hydrogen-bond donors (Lipinski definition) is 1. The van der Waals surface area contributed by atoms with Gasteiger partial charge in [0.1, 0.15) is 6.29 Å². The highest BCUT2D eigenvalue weighted by Gasteiger charge is 2.17. The molecule has 0 bridgehead atoms. The first-order valence-electron chi connectivity index (χ1n) is 4.60. The summed E-state index contributed by atoms with van der Waals surface area (Å²) in [5.74, 6) is -1.26. The molecule has 0 radical (unpaired) electrons. The van der Waals surface area contributed by atoms with Crippen LogP contribution in [0.2, 0.25) is 0 Å². The third-order valence-corrected chi connectivity index (χ3v) is 3.37. The fraction of sp³-hybridized carbons (Fsp3) is 0.364. The second-order valence-electron chi connectivity index (χ2n) is 3.56. The van der Waals surface area contributed by atoms with E-state index in [0.717, 1.165) is 11.8 Å². The van der Waals surface area contributed by atoms with Crippen LogP contribution in [-0.2, 0) is 4.79 Å². The van der Waals surface area contributed by atoms with Crippen LogP contribution in [0.4, 0.5) is 4.39 Å². The van der Waals surface area contributed by atoms with Gasteiger partial charge in [0.15, 0.2) is 11.6 Å². The van der Waals surface area contributed by atoms with Gasteiger partial charge in [-0.05, 0) is 39.9 Å². The van der Waals surface area contributed by atoms with Crippen LogP contribution in [0.3, 0.4) is 0 Å². The maximum Gasteiger partial charge on any atom is 0.169 e. The predicted octanol–water partition coefficient (Wildman–Crippen LogP) is 3.29. The number of aromatic hydroxyl groups is 1. The van der Waals surface area contributed by atoms with Crippen molar-refractivity contribution in [1.82, 2.24) is 0 Å². The Hall–Kier alpha value is -0.900. The fourth-order valence-electron chi connectivity index (χ4n) is 1.41. The predicted molar refractivity (Wildman–Crippen MR) is 59.6 cm³/mol. The van der Waals surface area contributed by atoms with Gasteiger partial charge in [0.2, 0.25) is 0 Å². The SMILES string of the molecule is Cc1cc(C(C)CC=O)c(F)c(O)c1Br. The summed E-state index contributed by atoms with van der Waals surface area (Å²) in [6, 6.07) is 1.65. The molecule has 0 saturated carbocycles. The maximum absolute atomic E-state index is 13.6. The Bertz CT molecular complexity index is 391. The Labute approximate surface area is 96.2 Å². The lowest BCUT2D eigenvalue weighted by molar-refractivity contribution is -0.108. The molecule has 1 rings (SSSR count). The lowest BCUT2D eigenvalue weighted by atomic mass is 9.96. The molecule has 0 saturated heterocycles. The standard InChI is InChI=1S/C11H12BrFO2/c1-6(3-4-14)8-5-7(2)9(12)11(15)10(8)13/h4-6,15H,3H2,1-2H3. The molecule has 0 spiro atoms. The van der Waals surface area contributed by atoms with Crippen LogP contribution in [0.25, 0.3) is 0 Å². The van der Waals surface area contributed by atoms with E-state index in [4.69, 9.17) is 0 Å². The molecule has 0 aliphatic rings. The van der Waals surface area contributed by atoms with E-state index in [1.807, 2.05) is 0 Å². The molecule has 1 N–H and O–H groups in total. The van der Waals surface area contributed by atoms with Crippen LogP contribution in [0.15, 0.2) is 10.5 Å². The number of aryl methyl sites for hydroxylation is 1. The van der Waals surface area contributed by atoms with E-state index in [9.17, 15) is 14.3 Å². The average molecular weight is 275 g/mol. The highest BCUT2D eigenvalue weighted by Crippen LogP contribution is 2.35. The van der Waals surface area contributed by atoms with Gasteiger partial charge in [0, 0.05) is 6.42 Å². The number of phenolic OH excluding ortho intramolecular Hbond substituents is 1. The van der Waals surface area contributed by atoms with Crippen LogP contribution < -0.4 is 0 Å². The van der Waals surface area contributed by atoms with Crippen molar-refractivity contribution < 1.29 is 14.3 Å². The van der Waals surface area contributed by atoms with E-state index in [0.29, 0.717) is 10.0 Å². The van der Waals surface area contributed by atoms with E-state index in [-0.39, 0.29) is 18.1 Å². The summed E-state index contributed by atoms with van der Waals surface area (Å²) < 4.78 is 14.0. The molecule has 0 fully saturated rings. The summed E-state index contributed by atoms with van der Waals surface area (Å²) in [5, 5.41) is 9.47. The van der Waals surface area contributed by atoms with Gasteiger partial charge in [0.25, 0.3) is 0 Å². The van der Waals surface area contributed by atoms with Gasteiger partial charge in [0.05, 0.1) is 4.47 Å². The molecule has 4 heteroatoms. The van der Waals surface area contributed by atoms with Crippen molar-refractivity contribution in [3.8, 4) is 5.75 Å². The second kappa shape index (κ2) is 4.75. The third kappa shape index (κ3) is 2.37. The maximum atomic E-state index is 13.6. The Kier molecular flexibility index (Phi) is 3.85. The molecule has 1 atom stereocenters. The second-order valence-corrected chi connectivity index (χ2v) is 4.36. The molecule has 1 unspecified atom stereocenters. The smallest absolute Gasteiger partial charge is 0.169 e. The zero-order valence-corrected chi connectivity index (χ0v) is 10.1. The Balaban J connectivity index is 3.25. The number of aldehydes is 1. The van der Waals surface area contributed by atoms with Crippen LogP contribution in [0, 0.1) is 12.7 Å². The molecule has 0 heterocycles. The highest BCUT2D eigenvalue weighted by atomic mass is 79.9. The lowest BCUT2D eigenvalue weighted by Gasteiger charge is -2.13. The molecule has 0 aromatic heterocycles. The van der Waals surface area contributed by atoms with Gasteiger partial charge in [-0.25, -0.2) is 4.39 Å². The summed E-state index contributed by atoms with van der Waals surface area (Å²) in [6.45, 7) is 3.51. The molecule has 2 nitrogen and oxygen atoms in total. The number of benzene rings is 1. The Morgan fingerprint density at radius 2 is 2.27 bits per heavy atom. The topological polar surface area (TPSA) is 37.3 Å². The molecule has 15 heavy (non-hydrogen) atoms. The van der Waals surface area contributed by atoms with E-state index < -0.39 is 5.82 Å². The molecule has 0 aliphatic carbocycles. The van der Waals surface area contributed by atoms with E-state index in [1.165, 1.54) is 0 Å². The highest BCUT2D eigenvalue weighted by molar-refractivity contribution is 9.10. The fourth-order valence-corrected chi connectivity index (χ4v) is 1.70. The summed E-state index contributed by atoms with van der Waals surface area (Å²) in [4.78, 5) is 10.3. The van der Waals surface area contributed by atoms with Crippen molar-refractivity contribution in [2.45, 2.75) is 26.2 Å². The van der Waals surface area contributed by atoms with Crippen molar-refractivity contribution in [2.75, 3.05) is 0 Å². The Morgan fingerprint density at radius 1 is 1.67 bits per heavy atom. The van der Waals surface area contributed by atoms with Crippen molar-refractivity contribution >= 4 is 22.2 Å².